The highest BCUT2D eigenvalue weighted by molar-refractivity contribution is 5.94. The minimum atomic E-state index is -0.330. The molecular formula is C20H23F2N3O. The van der Waals surface area contributed by atoms with E-state index in [-0.39, 0.29) is 23.6 Å². The zero-order valence-corrected chi connectivity index (χ0v) is 15.0. The Balaban J connectivity index is 1.55. The third-order valence-corrected chi connectivity index (χ3v) is 4.87. The number of nitrogens with zero attached hydrogens (tertiary/aromatic N) is 2. The molecule has 1 atom stereocenters. The van der Waals surface area contributed by atoms with Crippen LogP contribution in [-0.4, -0.2) is 43.0 Å². The van der Waals surface area contributed by atoms with Crippen molar-refractivity contribution in [2.75, 3.05) is 36.4 Å². The van der Waals surface area contributed by atoms with E-state index in [4.69, 9.17) is 0 Å². The van der Waals surface area contributed by atoms with Gasteiger partial charge in [0.25, 0.3) is 0 Å². The van der Waals surface area contributed by atoms with E-state index in [9.17, 15) is 13.6 Å². The van der Waals surface area contributed by atoms with Crippen molar-refractivity contribution in [1.82, 2.24) is 4.90 Å². The summed E-state index contributed by atoms with van der Waals surface area (Å²) in [5.74, 6) is -0.725. The van der Waals surface area contributed by atoms with Crippen LogP contribution in [0.25, 0.3) is 0 Å². The SMILES string of the molecule is Cc1ccc(NC(=O)[C@H](C)N2CCN(c3ccc(F)cc3)CC2)cc1F. The van der Waals surface area contributed by atoms with E-state index in [0.29, 0.717) is 11.3 Å². The van der Waals surface area contributed by atoms with Crippen LogP contribution in [0.3, 0.4) is 0 Å². The molecule has 26 heavy (non-hydrogen) atoms. The standard InChI is InChI=1S/C20H23F2N3O/c1-14-3-6-17(13-19(14)22)23-20(26)15(2)24-9-11-25(12-10-24)18-7-4-16(21)5-8-18/h3-8,13,15H,9-12H2,1-2H3,(H,23,26)/t15-/m0/s1. The molecular weight excluding hydrogens is 336 g/mol. The summed E-state index contributed by atoms with van der Waals surface area (Å²) >= 11 is 0. The Hall–Kier alpha value is -2.47. The molecule has 1 aliphatic heterocycles. The summed E-state index contributed by atoms with van der Waals surface area (Å²) in [7, 11) is 0. The second kappa shape index (κ2) is 7.83. The minimum absolute atomic E-state index is 0.150. The van der Waals surface area contributed by atoms with E-state index in [2.05, 4.69) is 15.1 Å². The lowest BCUT2D eigenvalue weighted by Gasteiger charge is -2.38. The molecule has 0 radical (unpaired) electrons. The maximum Gasteiger partial charge on any atom is 0.241 e. The third-order valence-electron chi connectivity index (χ3n) is 4.87. The van der Waals surface area contributed by atoms with Gasteiger partial charge in [-0.1, -0.05) is 6.07 Å². The molecule has 1 amide bonds. The van der Waals surface area contributed by atoms with Gasteiger partial charge in [0.15, 0.2) is 0 Å². The number of benzene rings is 2. The minimum Gasteiger partial charge on any atom is -0.369 e. The van der Waals surface area contributed by atoms with E-state index in [1.165, 1.54) is 18.2 Å². The number of halogens is 2. The van der Waals surface area contributed by atoms with Gasteiger partial charge in [-0.2, -0.15) is 0 Å². The molecule has 138 valence electrons. The molecule has 1 N–H and O–H groups in total. The van der Waals surface area contributed by atoms with Gasteiger partial charge in [-0.05, 0) is 55.8 Å². The first-order valence-corrected chi connectivity index (χ1v) is 8.75. The van der Waals surface area contributed by atoms with E-state index in [0.717, 1.165) is 31.9 Å². The Morgan fingerprint density at radius 1 is 1.04 bits per heavy atom. The number of carbonyl (C=O) groups excluding carboxylic acids is 1. The first-order chi connectivity index (χ1) is 12.4. The summed E-state index contributed by atoms with van der Waals surface area (Å²) in [6.45, 7) is 6.53. The fourth-order valence-corrected chi connectivity index (χ4v) is 3.10. The van der Waals surface area contributed by atoms with Crippen LogP contribution in [0.15, 0.2) is 42.5 Å². The Bertz CT molecular complexity index is 771. The highest BCUT2D eigenvalue weighted by Crippen LogP contribution is 2.19. The molecule has 0 unspecified atom stereocenters. The van der Waals surface area contributed by atoms with Crippen LogP contribution < -0.4 is 10.2 Å². The van der Waals surface area contributed by atoms with Crippen LogP contribution in [-0.2, 0) is 4.79 Å². The summed E-state index contributed by atoms with van der Waals surface area (Å²) in [6, 6.07) is 10.8. The van der Waals surface area contributed by atoms with Gasteiger partial charge in [0.2, 0.25) is 5.91 Å². The molecule has 3 rings (SSSR count). The largest absolute Gasteiger partial charge is 0.369 e. The highest BCUT2D eigenvalue weighted by Gasteiger charge is 2.25. The topological polar surface area (TPSA) is 35.6 Å². The number of amides is 1. The summed E-state index contributed by atoms with van der Waals surface area (Å²) in [6.07, 6.45) is 0. The molecule has 2 aromatic carbocycles. The summed E-state index contributed by atoms with van der Waals surface area (Å²) in [4.78, 5) is 16.7. The molecule has 1 aliphatic rings. The zero-order chi connectivity index (χ0) is 18.7. The number of carbonyl (C=O) groups is 1. The molecule has 0 aliphatic carbocycles. The third kappa shape index (κ3) is 4.19. The quantitative estimate of drug-likeness (QED) is 0.909. The fraction of sp³-hybridized carbons (Fsp3) is 0.350. The number of rotatable bonds is 4. The molecule has 1 saturated heterocycles. The Kier molecular flexibility index (Phi) is 5.52. The maximum atomic E-state index is 13.6. The van der Waals surface area contributed by atoms with E-state index >= 15 is 0 Å². The van der Waals surface area contributed by atoms with Gasteiger partial charge in [0.05, 0.1) is 6.04 Å². The number of hydrogen-bond acceptors (Lipinski definition) is 3. The van der Waals surface area contributed by atoms with E-state index < -0.39 is 0 Å². The summed E-state index contributed by atoms with van der Waals surface area (Å²) < 4.78 is 26.7. The normalized spacial score (nSPS) is 16.4. The average molecular weight is 359 g/mol. The summed E-state index contributed by atoms with van der Waals surface area (Å²) in [5.41, 5.74) is 2.00. The molecule has 0 saturated carbocycles. The molecule has 1 heterocycles. The van der Waals surface area contributed by atoms with Gasteiger partial charge in [-0.25, -0.2) is 8.78 Å². The van der Waals surface area contributed by atoms with Crippen molar-refractivity contribution < 1.29 is 13.6 Å². The first-order valence-electron chi connectivity index (χ1n) is 8.75. The predicted octanol–water partition coefficient (Wildman–Crippen LogP) is 3.42. The van der Waals surface area contributed by atoms with Crippen LogP contribution >= 0.6 is 0 Å². The fourth-order valence-electron chi connectivity index (χ4n) is 3.10. The molecule has 1 fully saturated rings. The Labute approximate surface area is 152 Å². The Morgan fingerprint density at radius 2 is 1.69 bits per heavy atom. The molecule has 4 nitrogen and oxygen atoms in total. The van der Waals surface area contributed by atoms with Crippen molar-refractivity contribution in [1.29, 1.82) is 0 Å². The van der Waals surface area contributed by atoms with E-state index in [1.54, 1.807) is 31.2 Å². The molecule has 0 spiro atoms. The van der Waals surface area contributed by atoms with Gasteiger partial charge in [0, 0.05) is 37.6 Å². The van der Waals surface area contributed by atoms with Gasteiger partial charge >= 0.3 is 0 Å². The smallest absolute Gasteiger partial charge is 0.241 e. The van der Waals surface area contributed by atoms with Gasteiger partial charge < -0.3 is 10.2 Å². The van der Waals surface area contributed by atoms with Crippen molar-refractivity contribution in [2.45, 2.75) is 19.9 Å². The van der Waals surface area contributed by atoms with Crippen LogP contribution in [0.2, 0.25) is 0 Å². The zero-order valence-electron chi connectivity index (χ0n) is 15.0. The van der Waals surface area contributed by atoms with Crippen LogP contribution in [0, 0.1) is 18.6 Å². The lowest BCUT2D eigenvalue weighted by atomic mass is 10.1. The van der Waals surface area contributed by atoms with Crippen molar-refractivity contribution >= 4 is 17.3 Å². The number of hydrogen-bond donors (Lipinski definition) is 1. The number of nitrogens with one attached hydrogen (secondary N) is 1. The van der Waals surface area contributed by atoms with Crippen molar-refractivity contribution in [2.24, 2.45) is 0 Å². The lowest BCUT2D eigenvalue weighted by Crippen LogP contribution is -2.52. The van der Waals surface area contributed by atoms with Crippen LogP contribution in [0.1, 0.15) is 12.5 Å². The monoisotopic (exact) mass is 359 g/mol. The second-order valence-corrected chi connectivity index (χ2v) is 6.63. The summed E-state index contributed by atoms with van der Waals surface area (Å²) in [5, 5.41) is 2.78. The first kappa shape index (κ1) is 18.3. The predicted molar refractivity (Wildman–Crippen MR) is 99.4 cm³/mol. The molecule has 6 heteroatoms. The highest BCUT2D eigenvalue weighted by atomic mass is 19.1. The van der Waals surface area contributed by atoms with E-state index in [1.807, 2.05) is 6.92 Å². The van der Waals surface area contributed by atoms with Crippen molar-refractivity contribution in [3.8, 4) is 0 Å². The van der Waals surface area contributed by atoms with Crippen molar-refractivity contribution in [3.63, 3.8) is 0 Å². The molecule has 2 aromatic rings. The molecule has 0 aromatic heterocycles. The lowest BCUT2D eigenvalue weighted by molar-refractivity contribution is -0.120. The van der Waals surface area contributed by atoms with Crippen LogP contribution in [0.5, 0.6) is 0 Å². The Morgan fingerprint density at radius 3 is 2.31 bits per heavy atom. The number of anilines is 2. The van der Waals surface area contributed by atoms with Gasteiger partial charge in [-0.15, -0.1) is 0 Å². The van der Waals surface area contributed by atoms with Gasteiger partial charge in [-0.3, -0.25) is 9.69 Å². The van der Waals surface area contributed by atoms with Gasteiger partial charge in [0.1, 0.15) is 11.6 Å². The molecule has 0 bridgehead atoms. The number of piperazine rings is 1. The maximum absolute atomic E-state index is 13.6. The van der Waals surface area contributed by atoms with Crippen molar-refractivity contribution in [3.05, 3.63) is 59.7 Å². The van der Waals surface area contributed by atoms with Crippen LogP contribution in [0.4, 0.5) is 20.2 Å². The average Bonchev–Trinajstić information content (AvgIpc) is 2.65. The second-order valence-electron chi connectivity index (χ2n) is 6.63. The number of aryl methyl sites for hydroxylation is 1.